The second-order valence-corrected chi connectivity index (χ2v) is 3.88. The van der Waals surface area contributed by atoms with Crippen LogP contribution in [0.25, 0.3) is 11.1 Å². The highest BCUT2D eigenvalue weighted by Crippen LogP contribution is 2.42. The third-order valence-electron chi connectivity index (χ3n) is 2.78. The summed E-state index contributed by atoms with van der Waals surface area (Å²) in [4.78, 5) is 0. The van der Waals surface area contributed by atoms with E-state index in [4.69, 9.17) is 0 Å². The SMILES string of the molecule is CCc1cccc(-c2ccc(O)c(O)c2O)c1. The van der Waals surface area contributed by atoms with Gasteiger partial charge in [-0.2, -0.15) is 0 Å². The lowest BCUT2D eigenvalue weighted by atomic mass is 10.0. The number of hydrogen-bond donors (Lipinski definition) is 3. The molecule has 0 radical (unpaired) electrons. The van der Waals surface area contributed by atoms with Crippen molar-refractivity contribution in [2.45, 2.75) is 13.3 Å². The minimum absolute atomic E-state index is 0.293. The van der Waals surface area contributed by atoms with E-state index in [2.05, 4.69) is 0 Å². The molecular weight excluding hydrogens is 216 g/mol. The van der Waals surface area contributed by atoms with Crippen LogP contribution in [0.3, 0.4) is 0 Å². The van der Waals surface area contributed by atoms with Gasteiger partial charge in [0.25, 0.3) is 0 Å². The van der Waals surface area contributed by atoms with E-state index < -0.39 is 5.75 Å². The van der Waals surface area contributed by atoms with Gasteiger partial charge in [0.05, 0.1) is 0 Å². The number of hydrogen-bond acceptors (Lipinski definition) is 3. The maximum Gasteiger partial charge on any atom is 0.200 e. The lowest BCUT2D eigenvalue weighted by Gasteiger charge is -2.08. The number of aryl methyl sites for hydroxylation is 1. The van der Waals surface area contributed by atoms with Crippen molar-refractivity contribution >= 4 is 0 Å². The van der Waals surface area contributed by atoms with Crippen molar-refractivity contribution in [3.63, 3.8) is 0 Å². The summed E-state index contributed by atoms with van der Waals surface area (Å²) >= 11 is 0. The highest BCUT2D eigenvalue weighted by atomic mass is 16.3. The molecule has 0 unspecified atom stereocenters. The van der Waals surface area contributed by atoms with Crippen LogP contribution in [-0.4, -0.2) is 15.3 Å². The monoisotopic (exact) mass is 230 g/mol. The molecule has 3 heteroatoms. The smallest absolute Gasteiger partial charge is 0.200 e. The maximum absolute atomic E-state index is 9.79. The van der Waals surface area contributed by atoms with Gasteiger partial charge in [-0.1, -0.05) is 31.2 Å². The molecule has 0 aliphatic heterocycles. The Morgan fingerprint density at radius 2 is 1.71 bits per heavy atom. The second-order valence-electron chi connectivity index (χ2n) is 3.88. The second kappa shape index (κ2) is 4.37. The Bertz CT molecular complexity index is 547. The van der Waals surface area contributed by atoms with Crippen molar-refractivity contribution in [3.05, 3.63) is 42.0 Å². The summed E-state index contributed by atoms with van der Waals surface area (Å²) in [7, 11) is 0. The molecule has 0 aromatic heterocycles. The summed E-state index contributed by atoms with van der Waals surface area (Å²) in [6.07, 6.45) is 0.901. The van der Waals surface area contributed by atoms with Crippen LogP contribution in [0.2, 0.25) is 0 Å². The van der Waals surface area contributed by atoms with Crippen LogP contribution in [0, 0.1) is 0 Å². The molecule has 0 amide bonds. The van der Waals surface area contributed by atoms with Gasteiger partial charge >= 0.3 is 0 Å². The summed E-state index contributed by atoms with van der Waals surface area (Å²) < 4.78 is 0. The molecule has 2 rings (SSSR count). The Morgan fingerprint density at radius 1 is 0.941 bits per heavy atom. The number of phenolic OH excluding ortho intramolecular Hbond substituents is 3. The molecule has 2 aromatic rings. The number of phenols is 3. The van der Waals surface area contributed by atoms with Crippen molar-refractivity contribution < 1.29 is 15.3 Å². The van der Waals surface area contributed by atoms with Crippen molar-refractivity contribution in [1.82, 2.24) is 0 Å². The predicted octanol–water partition coefficient (Wildman–Crippen LogP) is 3.03. The van der Waals surface area contributed by atoms with Crippen molar-refractivity contribution in [3.8, 4) is 28.4 Å². The lowest BCUT2D eigenvalue weighted by Crippen LogP contribution is -1.84. The van der Waals surface area contributed by atoms with Crippen molar-refractivity contribution in [2.24, 2.45) is 0 Å². The summed E-state index contributed by atoms with van der Waals surface area (Å²) in [6, 6.07) is 10.6. The third kappa shape index (κ3) is 2.04. The van der Waals surface area contributed by atoms with Gasteiger partial charge in [0.15, 0.2) is 11.5 Å². The van der Waals surface area contributed by atoms with Gasteiger partial charge in [0.1, 0.15) is 0 Å². The molecule has 3 nitrogen and oxygen atoms in total. The highest BCUT2D eigenvalue weighted by Gasteiger charge is 2.12. The Kier molecular flexibility index (Phi) is 2.91. The quantitative estimate of drug-likeness (QED) is 0.695. The fourth-order valence-corrected chi connectivity index (χ4v) is 1.76. The third-order valence-corrected chi connectivity index (χ3v) is 2.78. The topological polar surface area (TPSA) is 60.7 Å². The summed E-state index contributed by atoms with van der Waals surface area (Å²) in [5.41, 5.74) is 2.47. The van der Waals surface area contributed by atoms with Crippen LogP contribution in [0.4, 0.5) is 0 Å². The van der Waals surface area contributed by atoms with Crippen LogP contribution in [-0.2, 0) is 6.42 Å². The summed E-state index contributed by atoms with van der Waals surface area (Å²) in [5, 5.41) is 28.5. The zero-order valence-corrected chi connectivity index (χ0v) is 9.51. The van der Waals surface area contributed by atoms with E-state index in [1.807, 2.05) is 31.2 Å². The molecule has 0 fully saturated rings. The van der Waals surface area contributed by atoms with Crippen LogP contribution < -0.4 is 0 Å². The average molecular weight is 230 g/mol. The van der Waals surface area contributed by atoms with E-state index in [-0.39, 0.29) is 11.5 Å². The first kappa shape index (κ1) is 11.3. The van der Waals surface area contributed by atoms with Gasteiger partial charge in [-0.3, -0.25) is 0 Å². The molecule has 0 saturated heterocycles. The van der Waals surface area contributed by atoms with Crippen LogP contribution in [0.1, 0.15) is 12.5 Å². The molecule has 0 aliphatic carbocycles. The van der Waals surface area contributed by atoms with Gasteiger partial charge in [0.2, 0.25) is 5.75 Å². The molecule has 0 heterocycles. The first-order valence-corrected chi connectivity index (χ1v) is 5.46. The van der Waals surface area contributed by atoms with Gasteiger partial charge < -0.3 is 15.3 Å². The fraction of sp³-hybridized carbons (Fsp3) is 0.143. The van der Waals surface area contributed by atoms with Crippen molar-refractivity contribution in [2.75, 3.05) is 0 Å². The zero-order valence-electron chi connectivity index (χ0n) is 9.51. The van der Waals surface area contributed by atoms with E-state index in [9.17, 15) is 15.3 Å². The van der Waals surface area contributed by atoms with Gasteiger partial charge in [0, 0.05) is 5.56 Å². The fourth-order valence-electron chi connectivity index (χ4n) is 1.76. The Balaban J connectivity index is 2.56. The Labute approximate surface area is 99.6 Å². The Morgan fingerprint density at radius 3 is 2.41 bits per heavy atom. The molecule has 0 atom stereocenters. The lowest BCUT2D eigenvalue weighted by molar-refractivity contribution is 0.369. The van der Waals surface area contributed by atoms with Gasteiger partial charge in [-0.15, -0.1) is 0 Å². The zero-order chi connectivity index (χ0) is 12.4. The highest BCUT2D eigenvalue weighted by molar-refractivity contribution is 5.75. The van der Waals surface area contributed by atoms with Gasteiger partial charge in [-0.05, 0) is 29.7 Å². The number of aromatic hydroxyl groups is 3. The molecule has 0 aliphatic rings. The largest absolute Gasteiger partial charge is 0.504 e. The van der Waals surface area contributed by atoms with E-state index in [1.165, 1.54) is 6.07 Å². The van der Waals surface area contributed by atoms with Gasteiger partial charge in [-0.25, -0.2) is 0 Å². The van der Waals surface area contributed by atoms with E-state index in [0.29, 0.717) is 5.56 Å². The Hall–Kier alpha value is -2.16. The first-order valence-electron chi connectivity index (χ1n) is 5.46. The predicted molar refractivity (Wildman–Crippen MR) is 66.3 cm³/mol. The maximum atomic E-state index is 9.79. The van der Waals surface area contributed by atoms with Crippen molar-refractivity contribution in [1.29, 1.82) is 0 Å². The van der Waals surface area contributed by atoms with E-state index in [1.54, 1.807) is 6.07 Å². The molecule has 0 bridgehead atoms. The van der Waals surface area contributed by atoms with Crippen LogP contribution in [0.15, 0.2) is 36.4 Å². The number of rotatable bonds is 2. The van der Waals surface area contributed by atoms with Crippen LogP contribution in [0.5, 0.6) is 17.2 Å². The minimum atomic E-state index is -0.482. The van der Waals surface area contributed by atoms with Crippen LogP contribution >= 0.6 is 0 Å². The standard InChI is InChI=1S/C14H14O3/c1-2-9-4-3-5-10(8-9)11-6-7-12(15)14(17)13(11)16/h3-8,15-17H,2H2,1H3. The van der Waals surface area contributed by atoms with E-state index in [0.717, 1.165) is 17.5 Å². The molecule has 88 valence electrons. The molecular formula is C14H14O3. The normalized spacial score (nSPS) is 10.4. The molecule has 0 spiro atoms. The minimum Gasteiger partial charge on any atom is -0.504 e. The molecule has 3 N–H and O–H groups in total. The first-order chi connectivity index (χ1) is 8.13. The number of benzene rings is 2. The average Bonchev–Trinajstić information content (AvgIpc) is 2.36. The molecule has 0 saturated carbocycles. The van der Waals surface area contributed by atoms with E-state index >= 15 is 0 Å². The summed E-state index contributed by atoms with van der Waals surface area (Å²) in [5.74, 6) is -1.10. The molecule has 2 aromatic carbocycles. The summed E-state index contributed by atoms with van der Waals surface area (Å²) in [6.45, 7) is 2.05. The molecule has 17 heavy (non-hydrogen) atoms.